The summed E-state index contributed by atoms with van der Waals surface area (Å²) < 4.78 is 0. The van der Waals surface area contributed by atoms with Crippen LogP contribution in [0.1, 0.15) is 12.5 Å². The molecule has 0 fully saturated rings. The molecule has 0 saturated heterocycles. The van der Waals surface area contributed by atoms with Gasteiger partial charge in [0.15, 0.2) is 0 Å². The van der Waals surface area contributed by atoms with Crippen LogP contribution in [0.4, 0.5) is 0 Å². The summed E-state index contributed by atoms with van der Waals surface area (Å²) in [5, 5.41) is 8.64. The van der Waals surface area contributed by atoms with Gasteiger partial charge in [-0.15, -0.1) is 0 Å². The van der Waals surface area contributed by atoms with Gasteiger partial charge in [0.1, 0.15) is 6.54 Å². The minimum atomic E-state index is -0.983. The summed E-state index contributed by atoms with van der Waals surface area (Å²) in [6, 6.07) is 9.30. The van der Waals surface area contributed by atoms with Crippen molar-refractivity contribution < 1.29 is 14.7 Å². The first-order valence-corrected chi connectivity index (χ1v) is 5.17. The van der Waals surface area contributed by atoms with Gasteiger partial charge in [0.25, 0.3) is 0 Å². The molecular weight excluding hydrogens is 206 g/mol. The highest BCUT2D eigenvalue weighted by Gasteiger charge is 2.14. The molecule has 4 heteroatoms. The molecule has 0 radical (unpaired) electrons. The van der Waals surface area contributed by atoms with Gasteiger partial charge in [-0.25, -0.2) is 0 Å². The number of carbonyl (C=O) groups is 2. The maximum absolute atomic E-state index is 11.7. The third-order valence-electron chi connectivity index (χ3n) is 2.26. The second-order valence-corrected chi connectivity index (χ2v) is 3.46. The number of benzene rings is 1. The van der Waals surface area contributed by atoms with Crippen LogP contribution < -0.4 is 0 Å². The van der Waals surface area contributed by atoms with E-state index in [1.807, 2.05) is 30.3 Å². The van der Waals surface area contributed by atoms with E-state index in [9.17, 15) is 9.59 Å². The van der Waals surface area contributed by atoms with Gasteiger partial charge in [-0.2, -0.15) is 0 Å². The largest absolute Gasteiger partial charge is 0.480 e. The van der Waals surface area contributed by atoms with E-state index in [4.69, 9.17) is 5.11 Å². The Labute approximate surface area is 94.5 Å². The minimum absolute atomic E-state index is 0.156. The van der Waals surface area contributed by atoms with Crippen molar-refractivity contribution in [3.8, 4) is 0 Å². The molecule has 0 unspecified atom stereocenters. The molecule has 1 rings (SSSR count). The molecule has 1 aromatic rings. The number of hydrogen-bond acceptors (Lipinski definition) is 2. The Balaban J connectivity index is 2.59. The number of carbonyl (C=O) groups excluding carboxylic acids is 1. The Kier molecular flexibility index (Phi) is 4.51. The molecule has 0 saturated carbocycles. The van der Waals surface area contributed by atoms with Crippen LogP contribution in [0.3, 0.4) is 0 Å². The topological polar surface area (TPSA) is 57.6 Å². The fourth-order valence-corrected chi connectivity index (χ4v) is 1.42. The average Bonchev–Trinajstić information content (AvgIpc) is 2.26. The molecule has 0 atom stereocenters. The fourth-order valence-electron chi connectivity index (χ4n) is 1.42. The lowest BCUT2D eigenvalue weighted by atomic mass is 10.1. The molecule has 0 spiro atoms. The van der Waals surface area contributed by atoms with Gasteiger partial charge in [-0.05, 0) is 12.5 Å². The molecule has 0 aliphatic carbocycles. The second-order valence-electron chi connectivity index (χ2n) is 3.46. The summed E-state index contributed by atoms with van der Waals surface area (Å²) in [5.74, 6) is -1.14. The molecular formula is C12H15NO3. The SMILES string of the molecule is CCN(CC(=O)O)C(=O)Cc1ccccc1. The van der Waals surface area contributed by atoms with Crippen molar-refractivity contribution in [3.63, 3.8) is 0 Å². The highest BCUT2D eigenvalue weighted by Crippen LogP contribution is 2.02. The first-order valence-electron chi connectivity index (χ1n) is 5.17. The van der Waals surface area contributed by atoms with E-state index in [1.54, 1.807) is 6.92 Å². The van der Waals surface area contributed by atoms with E-state index in [0.29, 0.717) is 6.54 Å². The summed E-state index contributed by atoms with van der Waals surface area (Å²) >= 11 is 0. The minimum Gasteiger partial charge on any atom is -0.480 e. The van der Waals surface area contributed by atoms with E-state index >= 15 is 0 Å². The van der Waals surface area contributed by atoms with Crippen molar-refractivity contribution >= 4 is 11.9 Å². The quantitative estimate of drug-likeness (QED) is 0.811. The van der Waals surface area contributed by atoms with Crippen LogP contribution in [0.25, 0.3) is 0 Å². The van der Waals surface area contributed by atoms with Crippen molar-refractivity contribution in [2.45, 2.75) is 13.3 Å². The highest BCUT2D eigenvalue weighted by atomic mass is 16.4. The van der Waals surface area contributed by atoms with Crippen LogP contribution in [0.2, 0.25) is 0 Å². The molecule has 0 heterocycles. The lowest BCUT2D eigenvalue weighted by Crippen LogP contribution is -2.36. The molecule has 1 amide bonds. The highest BCUT2D eigenvalue weighted by molar-refractivity contribution is 5.82. The van der Waals surface area contributed by atoms with Gasteiger partial charge >= 0.3 is 5.97 Å². The van der Waals surface area contributed by atoms with Gasteiger partial charge in [0.05, 0.1) is 6.42 Å². The van der Waals surface area contributed by atoms with Crippen molar-refractivity contribution in [2.75, 3.05) is 13.1 Å². The van der Waals surface area contributed by atoms with Crippen molar-refractivity contribution in [3.05, 3.63) is 35.9 Å². The molecule has 1 N–H and O–H groups in total. The van der Waals surface area contributed by atoms with Crippen molar-refractivity contribution in [1.29, 1.82) is 0 Å². The van der Waals surface area contributed by atoms with E-state index in [1.165, 1.54) is 4.90 Å². The van der Waals surface area contributed by atoms with E-state index in [0.717, 1.165) is 5.56 Å². The van der Waals surface area contributed by atoms with E-state index < -0.39 is 5.97 Å². The third kappa shape index (κ3) is 3.73. The molecule has 0 aromatic heterocycles. The molecule has 86 valence electrons. The number of aliphatic carboxylic acids is 1. The van der Waals surface area contributed by atoms with Crippen molar-refractivity contribution in [1.82, 2.24) is 4.90 Å². The number of amides is 1. The fraction of sp³-hybridized carbons (Fsp3) is 0.333. The standard InChI is InChI=1S/C12H15NO3/c1-2-13(9-12(15)16)11(14)8-10-6-4-3-5-7-10/h3-7H,2,8-9H2,1H3,(H,15,16). The summed E-state index contributed by atoms with van der Waals surface area (Å²) in [6.07, 6.45) is 0.252. The second kappa shape index (κ2) is 5.90. The Morgan fingerprint density at radius 2 is 1.88 bits per heavy atom. The Bertz CT molecular complexity index is 362. The summed E-state index contributed by atoms with van der Waals surface area (Å²) in [7, 11) is 0. The normalized spacial score (nSPS) is 9.81. The Morgan fingerprint density at radius 1 is 1.25 bits per heavy atom. The van der Waals surface area contributed by atoms with Crippen LogP contribution in [-0.2, 0) is 16.0 Å². The van der Waals surface area contributed by atoms with Crippen LogP contribution >= 0.6 is 0 Å². The Hall–Kier alpha value is -1.84. The van der Waals surface area contributed by atoms with E-state index in [2.05, 4.69) is 0 Å². The van der Waals surface area contributed by atoms with Crippen LogP contribution in [0.5, 0.6) is 0 Å². The van der Waals surface area contributed by atoms with Gasteiger partial charge in [0.2, 0.25) is 5.91 Å². The van der Waals surface area contributed by atoms with Gasteiger partial charge in [0, 0.05) is 6.54 Å². The smallest absolute Gasteiger partial charge is 0.323 e. The summed E-state index contributed by atoms with van der Waals surface area (Å²) in [5.41, 5.74) is 0.899. The summed E-state index contributed by atoms with van der Waals surface area (Å²) in [4.78, 5) is 23.6. The number of carboxylic acids is 1. The zero-order valence-corrected chi connectivity index (χ0v) is 9.22. The number of carboxylic acid groups (broad SMARTS) is 1. The molecule has 4 nitrogen and oxygen atoms in total. The zero-order valence-electron chi connectivity index (χ0n) is 9.22. The molecule has 1 aromatic carbocycles. The Morgan fingerprint density at radius 3 is 2.38 bits per heavy atom. The maximum atomic E-state index is 11.7. The lowest BCUT2D eigenvalue weighted by Gasteiger charge is -2.18. The monoisotopic (exact) mass is 221 g/mol. The van der Waals surface area contributed by atoms with Gasteiger partial charge in [-0.1, -0.05) is 30.3 Å². The van der Waals surface area contributed by atoms with Crippen LogP contribution in [0.15, 0.2) is 30.3 Å². The van der Waals surface area contributed by atoms with Gasteiger partial charge in [-0.3, -0.25) is 9.59 Å². The van der Waals surface area contributed by atoms with Crippen molar-refractivity contribution in [2.24, 2.45) is 0 Å². The molecule has 16 heavy (non-hydrogen) atoms. The maximum Gasteiger partial charge on any atom is 0.323 e. The molecule has 0 bridgehead atoms. The molecule has 0 aliphatic heterocycles. The summed E-state index contributed by atoms with van der Waals surface area (Å²) in [6.45, 7) is 1.95. The first kappa shape index (κ1) is 12.2. The van der Waals surface area contributed by atoms with Crippen LogP contribution in [0, 0.1) is 0 Å². The lowest BCUT2D eigenvalue weighted by molar-refractivity contribution is -0.144. The van der Waals surface area contributed by atoms with Crippen LogP contribution in [-0.4, -0.2) is 35.0 Å². The number of likely N-dealkylation sites (N-methyl/N-ethyl adjacent to an activating group) is 1. The number of hydrogen-bond donors (Lipinski definition) is 1. The number of rotatable bonds is 5. The predicted molar refractivity (Wildman–Crippen MR) is 60.0 cm³/mol. The predicted octanol–water partition coefficient (Wildman–Crippen LogP) is 1.16. The zero-order chi connectivity index (χ0) is 12.0. The van der Waals surface area contributed by atoms with E-state index in [-0.39, 0.29) is 18.9 Å². The average molecular weight is 221 g/mol. The number of nitrogens with zero attached hydrogens (tertiary/aromatic N) is 1. The molecule has 0 aliphatic rings. The first-order chi connectivity index (χ1) is 7.63. The third-order valence-corrected chi connectivity index (χ3v) is 2.26. The van der Waals surface area contributed by atoms with Gasteiger partial charge < -0.3 is 10.0 Å².